The number of pyridine rings is 1. The Morgan fingerprint density at radius 2 is 2.15 bits per heavy atom. The summed E-state index contributed by atoms with van der Waals surface area (Å²) in [6.45, 7) is 3.95. The molecule has 1 saturated carbocycles. The summed E-state index contributed by atoms with van der Waals surface area (Å²) in [6, 6.07) is 3.98. The lowest BCUT2D eigenvalue weighted by Crippen LogP contribution is -2.49. The molecule has 0 radical (unpaired) electrons. The second-order valence-corrected chi connectivity index (χ2v) is 8.13. The normalized spacial score (nSPS) is 24.9. The molecule has 142 valence electrons. The summed E-state index contributed by atoms with van der Waals surface area (Å²) in [6.07, 6.45) is 11.0. The van der Waals surface area contributed by atoms with Gasteiger partial charge in [-0.25, -0.2) is 0 Å². The van der Waals surface area contributed by atoms with Gasteiger partial charge in [0.05, 0.1) is 12.2 Å². The zero-order valence-electron chi connectivity index (χ0n) is 15.6. The van der Waals surface area contributed by atoms with Crippen LogP contribution in [0.25, 0.3) is 0 Å². The molecule has 0 unspecified atom stereocenters. The third kappa shape index (κ3) is 4.26. The summed E-state index contributed by atoms with van der Waals surface area (Å²) in [5.41, 5.74) is 1.10. The summed E-state index contributed by atoms with van der Waals surface area (Å²) in [7, 11) is 0. The number of ether oxygens (including phenoxy) is 2. The predicted molar refractivity (Wildman–Crippen MR) is 98.5 cm³/mol. The minimum atomic E-state index is -0.0198. The van der Waals surface area contributed by atoms with E-state index in [4.69, 9.17) is 9.47 Å². The van der Waals surface area contributed by atoms with E-state index in [9.17, 15) is 4.79 Å². The van der Waals surface area contributed by atoms with Gasteiger partial charge in [-0.2, -0.15) is 0 Å². The van der Waals surface area contributed by atoms with Crippen LogP contribution in [-0.2, 0) is 20.9 Å². The summed E-state index contributed by atoms with van der Waals surface area (Å²) in [5, 5.41) is 0. The van der Waals surface area contributed by atoms with Gasteiger partial charge in [-0.1, -0.05) is 6.07 Å². The van der Waals surface area contributed by atoms with Crippen molar-refractivity contribution in [2.24, 2.45) is 11.8 Å². The Labute approximate surface area is 156 Å². The molecule has 0 aromatic carbocycles. The highest BCUT2D eigenvalue weighted by Crippen LogP contribution is 2.43. The van der Waals surface area contributed by atoms with Crippen LogP contribution >= 0.6 is 0 Å². The molecule has 1 aromatic heterocycles. The topological polar surface area (TPSA) is 51.7 Å². The summed E-state index contributed by atoms with van der Waals surface area (Å²) < 4.78 is 12.1. The number of aromatic nitrogens is 1. The Hall–Kier alpha value is -1.46. The van der Waals surface area contributed by atoms with Gasteiger partial charge < -0.3 is 14.4 Å². The first kappa shape index (κ1) is 17.9. The zero-order chi connectivity index (χ0) is 17.8. The predicted octanol–water partition coefficient (Wildman–Crippen LogP) is 3.19. The summed E-state index contributed by atoms with van der Waals surface area (Å²) in [5.74, 6) is 1.58. The van der Waals surface area contributed by atoms with E-state index in [1.165, 1.54) is 12.8 Å². The van der Waals surface area contributed by atoms with Gasteiger partial charge in [0.25, 0.3) is 0 Å². The number of rotatable bonds is 7. The number of carbonyl (C=O) groups excluding carboxylic acids is 1. The van der Waals surface area contributed by atoms with Crippen LogP contribution < -0.4 is 0 Å². The Bertz CT molecular complexity index is 595. The highest BCUT2D eigenvalue weighted by molar-refractivity contribution is 5.76. The number of carbonyl (C=O) groups is 1. The minimum Gasteiger partial charge on any atom is -0.377 e. The SMILES string of the molecule is O=C(CC1CC1)N1CCC2(CC1)OCC[C@@H]2CCOCc1cccnc1. The summed E-state index contributed by atoms with van der Waals surface area (Å²) in [4.78, 5) is 18.5. The number of piperidine rings is 1. The Balaban J connectivity index is 1.22. The number of hydrogen-bond donors (Lipinski definition) is 0. The Morgan fingerprint density at radius 3 is 2.88 bits per heavy atom. The lowest BCUT2D eigenvalue weighted by molar-refractivity contribution is -0.138. The van der Waals surface area contributed by atoms with Crippen LogP contribution in [0.5, 0.6) is 0 Å². The van der Waals surface area contributed by atoms with E-state index in [1.807, 2.05) is 18.3 Å². The van der Waals surface area contributed by atoms with Crippen molar-refractivity contribution >= 4 is 5.91 Å². The molecule has 1 amide bonds. The lowest BCUT2D eigenvalue weighted by Gasteiger charge is -2.42. The molecule has 0 N–H and O–H groups in total. The van der Waals surface area contributed by atoms with Crippen molar-refractivity contribution in [2.75, 3.05) is 26.3 Å². The number of nitrogens with zero attached hydrogens (tertiary/aromatic N) is 2. The molecule has 2 aliphatic heterocycles. The maximum Gasteiger partial charge on any atom is 0.222 e. The molecule has 3 fully saturated rings. The lowest BCUT2D eigenvalue weighted by atomic mass is 9.78. The first-order valence-corrected chi connectivity index (χ1v) is 10.1. The van der Waals surface area contributed by atoms with Crippen LogP contribution in [-0.4, -0.2) is 47.7 Å². The molecule has 5 heteroatoms. The molecule has 1 atom stereocenters. The van der Waals surface area contributed by atoms with Crippen molar-refractivity contribution in [1.82, 2.24) is 9.88 Å². The second kappa shape index (κ2) is 8.05. The third-order valence-corrected chi connectivity index (χ3v) is 6.32. The fraction of sp³-hybridized carbons (Fsp3) is 0.714. The first-order valence-electron chi connectivity index (χ1n) is 10.1. The molecule has 3 heterocycles. The van der Waals surface area contributed by atoms with E-state index in [0.29, 0.717) is 24.3 Å². The van der Waals surface area contributed by atoms with Crippen LogP contribution in [0, 0.1) is 11.8 Å². The molecular formula is C21H30N2O3. The monoisotopic (exact) mass is 358 g/mol. The first-order chi connectivity index (χ1) is 12.8. The standard InChI is InChI=1S/C21H30N2O3/c24-20(14-17-3-4-17)23-10-7-21(8-11-23)19(6-13-26-21)5-12-25-16-18-2-1-9-22-15-18/h1-2,9,15,17,19H,3-8,10-14,16H2/t19-/m0/s1. The van der Waals surface area contributed by atoms with Crippen molar-refractivity contribution in [2.45, 2.75) is 57.2 Å². The van der Waals surface area contributed by atoms with Crippen molar-refractivity contribution < 1.29 is 14.3 Å². The molecule has 5 nitrogen and oxygen atoms in total. The van der Waals surface area contributed by atoms with Crippen LogP contribution in [0.4, 0.5) is 0 Å². The van der Waals surface area contributed by atoms with E-state index >= 15 is 0 Å². The van der Waals surface area contributed by atoms with Gasteiger partial charge in [-0.3, -0.25) is 9.78 Å². The van der Waals surface area contributed by atoms with Gasteiger partial charge >= 0.3 is 0 Å². The zero-order valence-corrected chi connectivity index (χ0v) is 15.6. The molecule has 1 spiro atoms. The van der Waals surface area contributed by atoms with E-state index in [2.05, 4.69) is 9.88 Å². The fourth-order valence-electron chi connectivity index (χ4n) is 4.48. The third-order valence-electron chi connectivity index (χ3n) is 6.32. The maximum absolute atomic E-state index is 12.3. The second-order valence-electron chi connectivity index (χ2n) is 8.13. The quantitative estimate of drug-likeness (QED) is 0.703. The smallest absolute Gasteiger partial charge is 0.222 e. The molecular weight excluding hydrogens is 328 g/mol. The van der Waals surface area contributed by atoms with Crippen molar-refractivity contribution in [3.8, 4) is 0 Å². The maximum atomic E-state index is 12.3. The molecule has 1 aromatic rings. The van der Waals surface area contributed by atoms with Gasteiger partial charge in [-0.05, 0) is 62.0 Å². The molecule has 0 bridgehead atoms. The molecule has 2 saturated heterocycles. The van der Waals surface area contributed by atoms with E-state index in [-0.39, 0.29) is 5.60 Å². The van der Waals surface area contributed by atoms with E-state index in [0.717, 1.165) is 64.0 Å². The highest BCUT2D eigenvalue weighted by atomic mass is 16.5. The Kier molecular flexibility index (Phi) is 5.55. The molecule has 26 heavy (non-hydrogen) atoms. The largest absolute Gasteiger partial charge is 0.377 e. The van der Waals surface area contributed by atoms with Gasteiger partial charge in [0, 0.05) is 45.1 Å². The fourth-order valence-corrected chi connectivity index (χ4v) is 4.48. The van der Waals surface area contributed by atoms with Crippen LogP contribution in [0.2, 0.25) is 0 Å². The number of amides is 1. The van der Waals surface area contributed by atoms with Crippen LogP contribution in [0.1, 0.15) is 50.5 Å². The van der Waals surface area contributed by atoms with Gasteiger partial charge in [-0.15, -0.1) is 0 Å². The average Bonchev–Trinajstić information content (AvgIpc) is 3.41. The van der Waals surface area contributed by atoms with Crippen molar-refractivity contribution in [3.05, 3.63) is 30.1 Å². The van der Waals surface area contributed by atoms with E-state index < -0.39 is 0 Å². The highest BCUT2D eigenvalue weighted by Gasteiger charge is 2.46. The molecule has 4 rings (SSSR count). The van der Waals surface area contributed by atoms with Crippen molar-refractivity contribution in [1.29, 1.82) is 0 Å². The molecule has 3 aliphatic rings. The number of hydrogen-bond acceptors (Lipinski definition) is 4. The Morgan fingerprint density at radius 1 is 1.31 bits per heavy atom. The summed E-state index contributed by atoms with van der Waals surface area (Å²) >= 11 is 0. The molecule has 1 aliphatic carbocycles. The van der Waals surface area contributed by atoms with Crippen LogP contribution in [0.15, 0.2) is 24.5 Å². The minimum absolute atomic E-state index is 0.0198. The van der Waals surface area contributed by atoms with Crippen molar-refractivity contribution in [3.63, 3.8) is 0 Å². The van der Waals surface area contributed by atoms with Gasteiger partial charge in [0.1, 0.15) is 0 Å². The van der Waals surface area contributed by atoms with Gasteiger partial charge in [0.2, 0.25) is 5.91 Å². The number of likely N-dealkylation sites (tertiary alicyclic amines) is 1. The average molecular weight is 358 g/mol. The van der Waals surface area contributed by atoms with E-state index in [1.54, 1.807) is 6.20 Å². The van der Waals surface area contributed by atoms with Crippen LogP contribution in [0.3, 0.4) is 0 Å². The van der Waals surface area contributed by atoms with Gasteiger partial charge in [0.15, 0.2) is 0 Å².